The van der Waals surface area contributed by atoms with Crippen LogP contribution in [0.15, 0.2) is 34.6 Å². The lowest BCUT2D eigenvalue weighted by Crippen LogP contribution is -2.49. The van der Waals surface area contributed by atoms with E-state index in [0.29, 0.717) is 10.8 Å². The van der Waals surface area contributed by atoms with Gasteiger partial charge in [0.25, 0.3) is 0 Å². The lowest BCUT2D eigenvalue weighted by Gasteiger charge is -2.57. The molecule has 0 bridgehead atoms. The van der Waals surface area contributed by atoms with Crippen LogP contribution in [0.5, 0.6) is 0 Å². The maximum absolute atomic E-state index is 5.92. The van der Waals surface area contributed by atoms with Gasteiger partial charge in [-0.2, -0.15) is 0 Å². The van der Waals surface area contributed by atoms with E-state index in [9.17, 15) is 0 Å². The monoisotopic (exact) mass is 340 g/mol. The van der Waals surface area contributed by atoms with Gasteiger partial charge in [0.2, 0.25) is 0 Å². The van der Waals surface area contributed by atoms with Crippen LogP contribution in [-0.2, 0) is 4.74 Å². The molecule has 0 aromatic rings. The maximum atomic E-state index is 5.92. The van der Waals surface area contributed by atoms with Crippen molar-refractivity contribution in [3.63, 3.8) is 0 Å². The normalized spacial score (nSPS) is 43.0. The Labute approximate surface area is 154 Å². The predicted molar refractivity (Wildman–Crippen MR) is 105 cm³/mol. The van der Waals surface area contributed by atoms with E-state index in [0.717, 1.165) is 30.8 Å². The van der Waals surface area contributed by atoms with Gasteiger partial charge in [0, 0.05) is 6.42 Å². The highest BCUT2D eigenvalue weighted by Gasteiger charge is 2.56. The molecule has 1 saturated carbocycles. The van der Waals surface area contributed by atoms with Crippen molar-refractivity contribution in [3.05, 3.63) is 34.6 Å². The molecule has 0 aromatic heterocycles. The van der Waals surface area contributed by atoms with Crippen molar-refractivity contribution in [1.29, 1.82) is 0 Å². The van der Waals surface area contributed by atoms with Crippen LogP contribution in [0, 0.1) is 28.6 Å². The molecule has 0 saturated heterocycles. The molecular formula is C24H36O. The summed E-state index contributed by atoms with van der Waals surface area (Å²) >= 11 is 0. The van der Waals surface area contributed by atoms with Crippen molar-refractivity contribution in [2.24, 2.45) is 28.6 Å². The van der Waals surface area contributed by atoms with E-state index in [-0.39, 0.29) is 0 Å². The van der Waals surface area contributed by atoms with Crippen LogP contribution in [-0.4, -0.2) is 6.61 Å². The maximum Gasteiger partial charge on any atom is 0.0962 e. The van der Waals surface area contributed by atoms with Crippen LogP contribution >= 0.6 is 0 Å². The first-order chi connectivity index (χ1) is 11.9. The fourth-order valence-corrected chi connectivity index (χ4v) is 6.98. The third kappa shape index (κ3) is 2.41. The summed E-state index contributed by atoms with van der Waals surface area (Å²) in [5, 5.41) is 0. The summed E-state index contributed by atoms with van der Waals surface area (Å²) in [4.78, 5) is 0. The van der Waals surface area contributed by atoms with Crippen molar-refractivity contribution < 1.29 is 4.74 Å². The average Bonchev–Trinajstić information content (AvgIpc) is 2.90. The number of rotatable bonds is 3. The third-order valence-corrected chi connectivity index (χ3v) is 8.65. The Hall–Kier alpha value is -0.980. The number of hydrogen-bond donors (Lipinski definition) is 0. The molecule has 4 aliphatic carbocycles. The second-order valence-electron chi connectivity index (χ2n) is 9.49. The second-order valence-corrected chi connectivity index (χ2v) is 9.49. The summed E-state index contributed by atoms with van der Waals surface area (Å²) in [7, 11) is 0. The van der Waals surface area contributed by atoms with Gasteiger partial charge in [0.1, 0.15) is 0 Å². The zero-order valence-electron chi connectivity index (χ0n) is 17.0. The fourth-order valence-electron chi connectivity index (χ4n) is 6.98. The fraction of sp³-hybridized carbons (Fsp3) is 0.750. The van der Waals surface area contributed by atoms with E-state index in [1.54, 1.807) is 16.7 Å². The van der Waals surface area contributed by atoms with E-state index in [4.69, 9.17) is 4.74 Å². The van der Waals surface area contributed by atoms with Crippen molar-refractivity contribution >= 4 is 0 Å². The Bertz CT molecular complexity index is 651. The molecular weight excluding hydrogens is 304 g/mol. The quantitative estimate of drug-likeness (QED) is 0.512. The van der Waals surface area contributed by atoms with Gasteiger partial charge in [-0.25, -0.2) is 0 Å². The molecule has 1 heteroatoms. The summed E-state index contributed by atoms with van der Waals surface area (Å²) in [6.07, 6.45) is 14.1. The minimum Gasteiger partial charge on any atom is -0.498 e. The Morgan fingerprint density at radius 1 is 1.12 bits per heavy atom. The van der Waals surface area contributed by atoms with Gasteiger partial charge >= 0.3 is 0 Å². The van der Waals surface area contributed by atoms with Crippen molar-refractivity contribution in [2.45, 2.75) is 79.6 Å². The van der Waals surface area contributed by atoms with Crippen LogP contribution < -0.4 is 0 Å². The predicted octanol–water partition coefficient (Wildman–Crippen LogP) is 6.82. The molecule has 0 radical (unpaired) electrons. The number of ether oxygens (including phenoxy) is 1. The van der Waals surface area contributed by atoms with Crippen molar-refractivity contribution in [3.8, 4) is 0 Å². The lowest BCUT2D eigenvalue weighted by atomic mass is 9.47. The molecule has 1 nitrogen and oxygen atoms in total. The molecule has 25 heavy (non-hydrogen) atoms. The van der Waals surface area contributed by atoms with E-state index in [1.165, 1.54) is 44.3 Å². The molecule has 5 atom stereocenters. The first kappa shape index (κ1) is 17.4. The molecule has 0 amide bonds. The molecule has 0 N–H and O–H groups in total. The zero-order chi connectivity index (χ0) is 17.8. The van der Waals surface area contributed by atoms with Gasteiger partial charge in [0.05, 0.1) is 12.4 Å². The molecule has 0 aliphatic heterocycles. The van der Waals surface area contributed by atoms with Gasteiger partial charge in [-0.1, -0.05) is 38.0 Å². The third-order valence-electron chi connectivity index (χ3n) is 8.65. The summed E-state index contributed by atoms with van der Waals surface area (Å²) in [5.41, 5.74) is 5.93. The first-order valence-electron chi connectivity index (χ1n) is 10.7. The van der Waals surface area contributed by atoms with Crippen LogP contribution in [0.25, 0.3) is 0 Å². The van der Waals surface area contributed by atoms with Crippen molar-refractivity contribution in [1.82, 2.24) is 0 Å². The topological polar surface area (TPSA) is 9.23 Å². The Balaban J connectivity index is 1.74. The largest absolute Gasteiger partial charge is 0.498 e. The van der Waals surface area contributed by atoms with Gasteiger partial charge in [-0.3, -0.25) is 0 Å². The standard InChI is InChI=1S/C24H36O/c1-6-17-14-19-20-9-8-16(3)23(20,4)13-11-21(19)24(5)12-10-18(25-7-2)15-22(17)24/h8,15,19-21H,6-7,9-14H2,1-5H3. The molecule has 4 aliphatic rings. The summed E-state index contributed by atoms with van der Waals surface area (Å²) in [6, 6.07) is 0. The molecule has 0 aromatic carbocycles. The SMILES string of the molecule is CCOC1=CC2=C(CC)CC3C4CC=C(C)C4(C)CCC3C2(C)CC1. The highest BCUT2D eigenvalue weighted by Crippen LogP contribution is 2.65. The van der Waals surface area contributed by atoms with Crippen LogP contribution in [0.3, 0.4) is 0 Å². The minimum absolute atomic E-state index is 0.382. The number of fused-ring (bicyclic) bond motifs is 5. The summed E-state index contributed by atoms with van der Waals surface area (Å²) in [6.45, 7) is 12.8. The van der Waals surface area contributed by atoms with Crippen molar-refractivity contribution in [2.75, 3.05) is 6.61 Å². The van der Waals surface area contributed by atoms with Crippen LogP contribution in [0.1, 0.15) is 79.6 Å². The number of hydrogen-bond acceptors (Lipinski definition) is 1. The molecule has 138 valence electrons. The van der Waals surface area contributed by atoms with Gasteiger partial charge < -0.3 is 4.74 Å². The summed E-state index contributed by atoms with van der Waals surface area (Å²) in [5.74, 6) is 3.87. The van der Waals surface area contributed by atoms with E-state index < -0.39 is 0 Å². The highest BCUT2D eigenvalue weighted by molar-refractivity contribution is 5.41. The molecule has 0 spiro atoms. The molecule has 4 rings (SSSR count). The second kappa shape index (κ2) is 6.03. The van der Waals surface area contributed by atoms with Gasteiger partial charge in [-0.05, 0) is 92.6 Å². The smallest absolute Gasteiger partial charge is 0.0962 e. The highest BCUT2D eigenvalue weighted by atomic mass is 16.5. The Morgan fingerprint density at radius 3 is 2.64 bits per heavy atom. The molecule has 1 fully saturated rings. The Morgan fingerprint density at radius 2 is 1.92 bits per heavy atom. The zero-order valence-corrected chi connectivity index (χ0v) is 17.0. The van der Waals surface area contributed by atoms with Crippen LogP contribution in [0.2, 0.25) is 0 Å². The van der Waals surface area contributed by atoms with Crippen LogP contribution in [0.4, 0.5) is 0 Å². The average molecular weight is 341 g/mol. The molecule has 5 unspecified atom stereocenters. The summed E-state index contributed by atoms with van der Waals surface area (Å²) < 4.78 is 5.92. The van der Waals surface area contributed by atoms with E-state index in [1.807, 2.05) is 0 Å². The van der Waals surface area contributed by atoms with Gasteiger partial charge in [-0.15, -0.1) is 0 Å². The molecule has 0 heterocycles. The first-order valence-corrected chi connectivity index (χ1v) is 10.7. The van der Waals surface area contributed by atoms with E-state index in [2.05, 4.69) is 46.8 Å². The lowest BCUT2D eigenvalue weighted by molar-refractivity contribution is -0.0154. The minimum atomic E-state index is 0.382. The van der Waals surface area contributed by atoms with E-state index >= 15 is 0 Å². The Kier molecular flexibility index (Phi) is 4.21. The number of allylic oxidation sites excluding steroid dienone is 6. The van der Waals surface area contributed by atoms with Gasteiger partial charge in [0.15, 0.2) is 0 Å².